The third-order valence-electron chi connectivity index (χ3n) is 6.31. The average Bonchev–Trinajstić information content (AvgIpc) is 2.84. The molecule has 0 unspecified atom stereocenters. The number of nitro benzene ring substituents is 1. The number of rotatable bonds is 1. The summed E-state index contributed by atoms with van der Waals surface area (Å²) in [6.07, 6.45) is 2.25. The standard InChI is InChI=1S/C28H23NO6/c30-24-3-1-2-20-10-6-17-7-11-21(12-8-17)35-26-16-19(14-23(28(26)32)29(33)34)5-4-18-9-13-22(27(20)24)25(31)15-18/h1-3,7-9,11-16,30-32H,4-6,10H2. The van der Waals surface area contributed by atoms with Gasteiger partial charge in [-0.2, -0.15) is 0 Å². The molecule has 7 nitrogen and oxygen atoms in total. The number of nitrogens with zero attached hydrogens (tertiary/aromatic N) is 1. The summed E-state index contributed by atoms with van der Waals surface area (Å²) in [7, 11) is 0. The number of ether oxygens (including phenoxy) is 1. The van der Waals surface area contributed by atoms with Gasteiger partial charge in [0.15, 0.2) is 5.75 Å². The highest BCUT2D eigenvalue weighted by Gasteiger charge is 2.21. The number of aryl methyl sites for hydroxylation is 4. The third-order valence-corrected chi connectivity index (χ3v) is 6.31. The van der Waals surface area contributed by atoms with Gasteiger partial charge in [-0.05, 0) is 78.3 Å². The number of nitro groups is 1. The van der Waals surface area contributed by atoms with Crippen LogP contribution in [0.5, 0.6) is 28.7 Å². The summed E-state index contributed by atoms with van der Waals surface area (Å²) in [5.74, 6) is 0.111. The molecule has 0 saturated heterocycles. The number of hydrogen-bond donors (Lipinski definition) is 3. The van der Waals surface area contributed by atoms with Crippen molar-refractivity contribution >= 4 is 5.69 Å². The molecule has 8 rings (SSSR count). The molecule has 4 aliphatic heterocycles. The van der Waals surface area contributed by atoms with Gasteiger partial charge in [-0.25, -0.2) is 0 Å². The fourth-order valence-corrected chi connectivity index (χ4v) is 4.48. The topological polar surface area (TPSA) is 113 Å². The van der Waals surface area contributed by atoms with Crippen molar-refractivity contribution < 1.29 is 25.0 Å². The molecule has 4 aromatic rings. The molecule has 0 spiro atoms. The summed E-state index contributed by atoms with van der Waals surface area (Å²) in [4.78, 5) is 10.9. The highest BCUT2D eigenvalue weighted by Crippen LogP contribution is 2.41. The van der Waals surface area contributed by atoms with Crippen molar-refractivity contribution in [2.75, 3.05) is 0 Å². The first-order valence-corrected chi connectivity index (χ1v) is 11.3. The van der Waals surface area contributed by atoms with E-state index in [4.69, 9.17) is 4.74 Å². The fourth-order valence-electron chi connectivity index (χ4n) is 4.48. The monoisotopic (exact) mass is 469 g/mol. The van der Waals surface area contributed by atoms with Crippen LogP contribution in [0.4, 0.5) is 5.69 Å². The molecule has 4 heterocycles. The average molecular weight is 469 g/mol. The Morgan fingerprint density at radius 3 is 2.20 bits per heavy atom. The Bertz CT molecular complexity index is 1430. The van der Waals surface area contributed by atoms with Crippen LogP contribution in [0.15, 0.2) is 72.8 Å². The minimum atomic E-state index is -0.634. The molecule has 176 valence electrons. The van der Waals surface area contributed by atoms with Gasteiger partial charge in [0.25, 0.3) is 0 Å². The van der Waals surface area contributed by atoms with Gasteiger partial charge in [0.05, 0.1) is 4.92 Å². The summed E-state index contributed by atoms with van der Waals surface area (Å²) in [5, 5.41) is 43.4. The van der Waals surface area contributed by atoms with Crippen LogP contribution in [-0.2, 0) is 25.7 Å². The number of benzene rings is 4. The van der Waals surface area contributed by atoms with Crippen LogP contribution in [-0.4, -0.2) is 20.2 Å². The van der Waals surface area contributed by atoms with Crippen molar-refractivity contribution in [3.8, 4) is 39.9 Å². The fraction of sp³-hybridized carbons (Fsp3) is 0.143. The Labute approximate surface area is 201 Å². The molecule has 6 bridgehead atoms. The largest absolute Gasteiger partial charge is 0.507 e. The van der Waals surface area contributed by atoms with Gasteiger partial charge in [0.2, 0.25) is 5.75 Å². The highest BCUT2D eigenvalue weighted by molar-refractivity contribution is 5.78. The maximum atomic E-state index is 11.5. The molecular formula is C28H23NO6. The van der Waals surface area contributed by atoms with Crippen LogP contribution in [0.1, 0.15) is 22.3 Å². The SMILES string of the molecule is O=[N+]([O-])c1cc2cc(c1O)Oc1ccc(cc1)CCc1cccc(O)c1-c1ccc(cc1O)CC2. The second-order valence-electron chi connectivity index (χ2n) is 8.63. The van der Waals surface area contributed by atoms with E-state index >= 15 is 0 Å². The van der Waals surface area contributed by atoms with Crippen LogP contribution >= 0.6 is 0 Å². The van der Waals surface area contributed by atoms with E-state index in [-0.39, 0.29) is 17.2 Å². The summed E-state index contributed by atoms with van der Waals surface area (Å²) >= 11 is 0. The lowest BCUT2D eigenvalue weighted by Gasteiger charge is -2.15. The Morgan fingerprint density at radius 2 is 1.46 bits per heavy atom. The summed E-state index contributed by atoms with van der Waals surface area (Å²) < 4.78 is 5.83. The second kappa shape index (κ2) is 9.02. The van der Waals surface area contributed by atoms with Crippen LogP contribution in [0.2, 0.25) is 0 Å². The van der Waals surface area contributed by atoms with Crippen molar-refractivity contribution in [2.24, 2.45) is 0 Å². The van der Waals surface area contributed by atoms with Gasteiger partial charge >= 0.3 is 5.69 Å². The zero-order chi connectivity index (χ0) is 24.5. The third kappa shape index (κ3) is 4.48. The Balaban J connectivity index is 1.62. The maximum absolute atomic E-state index is 11.5. The maximum Gasteiger partial charge on any atom is 0.314 e. The minimum absolute atomic E-state index is 0.0191. The van der Waals surface area contributed by atoms with Crippen LogP contribution in [0, 0.1) is 10.1 Å². The van der Waals surface area contributed by atoms with E-state index in [1.807, 2.05) is 24.3 Å². The van der Waals surface area contributed by atoms with Gasteiger partial charge in [-0.1, -0.05) is 36.4 Å². The summed E-state index contributed by atoms with van der Waals surface area (Å²) in [5.41, 5.74) is 4.13. The van der Waals surface area contributed by atoms with Crippen molar-refractivity contribution in [3.05, 3.63) is 105 Å². The van der Waals surface area contributed by atoms with Crippen LogP contribution in [0.25, 0.3) is 11.1 Å². The first kappa shape index (κ1) is 22.3. The molecule has 0 aliphatic carbocycles. The van der Waals surface area contributed by atoms with Gasteiger partial charge in [0, 0.05) is 17.2 Å². The molecular weight excluding hydrogens is 446 g/mol. The lowest BCUT2D eigenvalue weighted by atomic mass is 9.92. The van der Waals surface area contributed by atoms with E-state index in [0.717, 1.165) is 16.7 Å². The van der Waals surface area contributed by atoms with Crippen molar-refractivity contribution in [1.29, 1.82) is 0 Å². The van der Waals surface area contributed by atoms with Crippen LogP contribution < -0.4 is 4.74 Å². The van der Waals surface area contributed by atoms with Crippen molar-refractivity contribution in [1.82, 2.24) is 0 Å². The van der Waals surface area contributed by atoms with Gasteiger partial charge < -0.3 is 20.1 Å². The second-order valence-corrected chi connectivity index (χ2v) is 8.63. The van der Waals surface area contributed by atoms with E-state index in [1.165, 1.54) is 6.07 Å². The predicted molar refractivity (Wildman–Crippen MR) is 131 cm³/mol. The molecule has 0 saturated carbocycles. The number of phenols is 3. The minimum Gasteiger partial charge on any atom is -0.507 e. The Kier molecular flexibility index (Phi) is 5.74. The summed E-state index contributed by atoms with van der Waals surface area (Å²) in [6.45, 7) is 0. The summed E-state index contributed by atoms with van der Waals surface area (Å²) in [6, 6.07) is 20.9. The van der Waals surface area contributed by atoms with Gasteiger partial charge in [-0.3, -0.25) is 10.1 Å². The lowest BCUT2D eigenvalue weighted by molar-refractivity contribution is -0.386. The Morgan fingerprint density at radius 1 is 0.743 bits per heavy atom. The molecule has 4 aromatic carbocycles. The van der Waals surface area contributed by atoms with Crippen LogP contribution in [0.3, 0.4) is 0 Å². The van der Waals surface area contributed by atoms with Crippen molar-refractivity contribution in [3.63, 3.8) is 0 Å². The quantitative estimate of drug-likeness (QED) is 0.231. The molecule has 35 heavy (non-hydrogen) atoms. The van der Waals surface area contributed by atoms with E-state index < -0.39 is 16.4 Å². The molecule has 4 aliphatic rings. The molecule has 0 radical (unpaired) electrons. The lowest BCUT2D eigenvalue weighted by Crippen LogP contribution is -1.99. The van der Waals surface area contributed by atoms with Gasteiger partial charge in [-0.15, -0.1) is 0 Å². The van der Waals surface area contributed by atoms with E-state index in [0.29, 0.717) is 48.1 Å². The zero-order valence-electron chi connectivity index (χ0n) is 18.8. The normalized spacial score (nSPS) is 12.9. The molecule has 3 N–H and O–H groups in total. The number of hydrogen-bond acceptors (Lipinski definition) is 6. The molecule has 0 atom stereocenters. The number of phenolic OH excluding ortho intramolecular Hbond substituents is 3. The van der Waals surface area contributed by atoms with E-state index in [1.54, 1.807) is 42.5 Å². The van der Waals surface area contributed by atoms with E-state index in [9.17, 15) is 25.4 Å². The predicted octanol–water partition coefficient (Wildman–Crippen LogP) is 6.05. The molecule has 0 fully saturated rings. The smallest absolute Gasteiger partial charge is 0.314 e. The first-order valence-electron chi connectivity index (χ1n) is 11.3. The Hall–Kier alpha value is -4.52. The van der Waals surface area contributed by atoms with E-state index in [2.05, 4.69) is 0 Å². The molecule has 0 amide bonds. The number of aromatic hydroxyl groups is 3. The zero-order valence-corrected chi connectivity index (χ0v) is 18.8. The molecule has 0 aromatic heterocycles. The first-order chi connectivity index (χ1) is 16.9. The van der Waals surface area contributed by atoms with Crippen molar-refractivity contribution in [2.45, 2.75) is 25.7 Å². The van der Waals surface area contributed by atoms with Gasteiger partial charge in [0.1, 0.15) is 17.2 Å². The highest BCUT2D eigenvalue weighted by atomic mass is 16.6. The molecule has 7 heteroatoms.